The van der Waals surface area contributed by atoms with Crippen LogP contribution >= 0.6 is 46.5 Å². The third-order valence-corrected chi connectivity index (χ3v) is 6.76. The molecule has 8 heteroatoms. The first-order chi connectivity index (χ1) is 13.2. The van der Waals surface area contributed by atoms with E-state index in [9.17, 15) is 4.79 Å². The molecule has 3 rings (SSSR count). The Labute approximate surface area is 176 Å². The highest BCUT2D eigenvalue weighted by molar-refractivity contribution is 7.99. The summed E-state index contributed by atoms with van der Waals surface area (Å²) in [5, 5.41) is 13.2. The summed E-state index contributed by atoms with van der Waals surface area (Å²) in [5.74, 6) is 2.38. The van der Waals surface area contributed by atoms with Gasteiger partial charge in [0.1, 0.15) is 5.01 Å². The van der Waals surface area contributed by atoms with Crippen molar-refractivity contribution in [1.29, 1.82) is 0 Å². The quantitative estimate of drug-likeness (QED) is 0.434. The second-order valence-electron chi connectivity index (χ2n) is 5.58. The molecule has 0 aliphatic carbocycles. The molecule has 0 aliphatic heterocycles. The second-order valence-corrected chi connectivity index (χ2v) is 9.23. The number of aromatic nitrogens is 2. The molecule has 1 heterocycles. The van der Waals surface area contributed by atoms with Gasteiger partial charge in [-0.15, -0.1) is 33.7 Å². The number of rotatable bonds is 9. The van der Waals surface area contributed by atoms with Gasteiger partial charge in [-0.1, -0.05) is 53.3 Å². The van der Waals surface area contributed by atoms with Crippen molar-refractivity contribution in [2.24, 2.45) is 0 Å². The van der Waals surface area contributed by atoms with Crippen LogP contribution in [0.5, 0.6) is 0 Å². The van der Waals surface area contributed by atoms with E-state index in [4.69, 9.17) is 11.6 Å². The van der Waals surface area contributed by atoms with E-state index < -0.39 is 0 Å². The number of halogens is 1. The third kappa shape index (κ3) is 7.18. The zero-order chi connectivity index (χ0) is 18.9. The van der Waals surface area contributed by atoms with Crippen LogP contribution in [0, 0.1) is 0 Å². The smallest absolute Gasteiger partial charge is 0.227 e. The van der Waals surface area contributed by atoms with Crippen molar-refractivity contribution in [2.45, 2.75) is 22.8 Å². The minimum absolute atomic E-state index is 0.0453. The minimum atomic E-state index is -0.0453. The number of benzene rings is 2. The van der Waals surface area contributed by atoms with E-state index in [1.807, 2.05) is 42.5 Å². The number of nitrogens with one attached hydrogen (secondary N) is 1. The SMILES string of the molecule is O=C(CCSc1ccc(Cl)cc1)Nc1nnc(CSCc2ccccc2)s1. The van der Waals surface area contributed by atoms with Crippen LogP contribution in [-0.2, 0) is 16.3 Å². The van der Waals surface area contributed by atoms with E-state index in [0.717, 1.165) is 21.4 Å². The summed E-state index contributed by atoms with van der Waals surface area (Å²) >= 11 is 10.7. The van der Waals surface area contributed by atoms with Crippen LogP contribution in [0.4, 0.5) is 5.13 Å². The van der Waals surface area contributed by atoms with Crippen LogP contribution < -0.4 is 5.32 Å². The molecule has 140 valence electrons. The Morgan fingerprint density at radius 1 is 1.04 bits per heavy atom. The Kier molecular flexibility index (Phi) is 8.01. The maximum Gasteiger partial charge on any atom is 0.227 e. The lowest BCUT2D eigenvalue weighted by Gasteiger charge is -2.02. The number of thioether (sulfide) groups is 2. The van der Waals surface area contributed by atoms with E-state index in [-0.39, 0.29) is 5.91 Å². The van der Waals surface area contributed by atoms with Crippen LogP contribution in [0.3, 0.4) is 0 Å². The molecule has 2 aromatic carbocycles. The highest BCUT2D eigenvalue weighted by Gasteiger charge is 2.09. The largest absolute Gasteiger partial charge is 0.301 e. The van der Waals surface area contributed by atoms with Crippen LogP contribution in [-0.4, -0.2) is 21.9 Å². The van der Waals surface area contributed by atoms with Gasteiger partial charge in [0.15, 0.2) is 0 Å². The van der Waals surface area contributed by atoms with Crippen molar-refractivity contribution in [1.82, 2.24) is 10.2 Å². The molecule has 4 nitrogen and oxygen atoms in total. The van der Waals surface area contributed by atoms with Crippen molar-refractivity contribution in [3.8, 4) is 0 Å². The lowest BCUT2D eigenvalue weighted by atomic mass is 10.2. The molecule has 0 saturated heterocycles. The summed E-state index contributed by atoms with van der Waals surface area (Å²) in [4.78, 5) is 13.2. The summed E-state index contributed by atoms with van der Waals surface area (Å²) < 4.78 is 0. The number of hydrogen-bond donors (Lipinski definition) is 1. The van der Waals surface area contributed by atoms with Gasteiger partial charge in [-0.05, 0) is 29.8 Å². The molecule has 0 radical (unpaired) electrons. The molecule has 0 saturated carbocycles. The molecule has 0 bridgehead atoms. The molecule has 3 aromatic rings. The van der Waals surface area contributed by atoms with Crippen LogP contribution in [0.15, 0.2) is 59.5 Å². The fraction of sp³-hybridized carbons (Fsp3) is 0.211. The van der Waals surface area contributed by atoms with E-state index >= 15 is 0 Å². The molecular weight excluding hydrogens is 418 g/mol. The molecule has 1 amide bonds. The second kappa shape index (κ2) is 10.7. The number of hydrogen-bond acceptors (Lipinski definition) is 6. The van der Waals surface area contributed by atoms with Crippen molar-refractivity contribution in [3.63, 3.8) is 0 Å². The Balaban J connectivity index is 1.36. The van der Waals surface area contributed by atoms with Gasteiger partial charge >= 0.3 is 0 Å². The van der Waals surface area contributed by atoms with E-state index in [1.54, 1.807) is 23.5 Å². The summed E-state index contributed by atoms with van der Waals surface area (Å²) in [5.41, 5.74) is 1.29. The van der Waals surface area contributed by atoms with Gasteiger partial charge in [-0.2, -0.15) is 0 Å². The maximum atomic E-state index is 12.1. The Bertz CT molecular complexity index is 856. The zero-order valence-electron chi connectivity index (χ0n) is 14.4. The van der Waals surface area contributed by atoms with E-state index in [2.05, 4.69) is 27.6 Å². The topological polar surface area (TPSA) is 54.9 Å². The van der Waals surface area contributed by atoms with Crippen LogP contribution in [0.1, 0.15) is 17.0 Å². The molecule has 1 N–H and O–H groups in total. The molecule has 0 fully saturated rings. The molecule has 0 unspecified atom stereocenters. The first-order valence-corrected chi connectivity index (χ1v) is 11.6. The Morgan fingerprint density at radius 3 is 2.59 bits per heavy atom. The predicted octanol–water partition coefficient (Wildman–Crippen LogP) is 5.75. The van der Waals surface area contributed by atoms with Gasteiger partial charge < -0.3 is 5.32 Å². The Hall–Kier alpha value is -1.54. The number of carbonyl (C=O) groups is 1. The fourth-order valence-corrected chi connectivity index (χ4v) is 4.94. The number of amides is 1. The van der Waals surface area contributed by atoms with Gasteiger partial charge in [-0.3, -0.25) is 4.79 Å². The lowest BCUT2D eigenvalue weighted by Crippen LogP contribution is -2.11. The summed E-state index contributed by atoms with van der Waals surface area (Å²) in [7, 11) is 0. The average molecular weight is 436 g/mol. The normalized spacial score (nSPS) is 10.7. The van der Waals surface area contributed by atoms with Gasteiger partial charge in [0.2, 0.25) is 11.0 Å². The van der Waals surface area contributed by atoms with Crippen molar-refractivity contribution >= 4 is 57.5 Å². The first-order valence-electron chi connectivity index (χ1n) is 8.31. The molecular formula is C19H18ClN3OS3. The maximum absolute atomic E-state index is 12.1. The number of anilines is 1. The first kappa shape index (κ1) is 20.2. The number of nitrogens with zero attached hydrogens (tertiary/aromatic N) is 2. The molecule has 0 aliphatic rings. The van der Waals surface area contributed by atoms with Gasteiger partial charge in [-0.25, -0.2) is 0 Å². The van der Waals surface area contributed by atoms with Gasteiger partial charge in [0.25, 0.3) is 0 Å². The third-order valence-electron chi connectivity index (χ3n) is 3.46. The fourth-order valence-electron chi connectivity index (χ4n) is 2.17. The van der Waals surface area contributed by atoms with Gasteiger partial charge in [0, 0.05) is 33.6 Å². The molecule has 1 aromatic heterocycles. The minimum Gasteiger partial charge on any atom is -0.301 e. The van der Waals surface area contributed by atoms with Gasteiger partial charge in [0.05, 0.1) is 0 Å². The van der Waals surface area contributed by atoms with Crippen LogP contribution in [0.25, 0.3) is 0 Å². The van der Waals surface area contributed by atoms with Crippen molar-refractivity contribution in [2.75, 3.05) is 11.1 Å². The lowest BCUT2D eigenvalue weighted by molar-refractivity contribution is -0.115. The summed E-state index contributed by atoms with van der Waals surface area (Å²) in [6.45, 7) is 0. The van der Waals surface area contributed by atoms with Crippen molar-refractivity contribution < 1.29 is 4.79 Å². The molecule has 0 atom stereocenters. The predicted molar refractivity (Wildman–Crippen MR) is 117 cm³/mol. The monoisotopic (exact) mass is 435 g/mol. The molecule has 0 spiro atoms. The van der Waals surface area contributed by atoms with Crippen LogP contribution in [0.2, 0.25) is 5.02 Å². The average Bonchev–Trinajstić information content (AvgIpc) is 3.11. The van der Waals surface area contributed by atoms with E-state index in [0.29, 0.717) is 22.3 Å². The standard InChI is InChI=1S/C19H18ClN3OS3/c20-15-6-8-16(9-7-15)26-11-10-17(24)21-19-23-22-18(27-19)13-25-12-14-4-2-1-3-5-14/h1-9H,10-13H2,(H,21,23,24). The highest BCUT2D eigenvalue weighted by Crippen LogP contribution is 2.24. The summed E-state index contributed by atoms with van der Waals surface area (Å²) in [6, 6.07) is 17.9. The summed E-state index contributed by atoms with van der Waals surface area (Å²) in [6.07, 6.45) is 0.422. The molecule has 27 heavy (non-hydrogen) atoms. The zero-order valence-corrected chi connectivity index (χ0v) is 17.6. The number of carbonyl (C=O) groups excluding carboxylic acids is 1. The highest BCUT2D eigenvalue weighted by atomic mass is 35.5. The Morgan fingerprint density at radius 2 is 1.81 bits per heavy atom. The van der Waals surface area contributed by atoms with E-state index in [1.165, 1.54) is 16.9 Å². The van der Waals surface area contributed by atoms with Crippen molar-refractivity contribution in [3.05, 3.63) is 70.2 Å².